The highest BCUT2D eigenvalue weighted by atomic mass is 35.5. The van der Waals surface area contributed by atoms with Gasteiger partial charge in [0, 0.05) is 42.7 Å². The summed E-state index contributed by atoms with van der Waals surface area (Å²) in [6.07, 6.45) is 3.06. The Morgan fingerprint density at radius 2 is 1.97 bits per heavy atom. The monoisotopic (exact) mass is 436 g/mol. The fourth-order valence-electron chi connectivity index (χ4n) is 4.78. The summed E-state index contributed by atoms with van der Waals surface area (Å²) in [6.45, 7) is 0. The van der Waals surface area contributed by atoms with E-state index in [2.05, 4.69) is 9.88 Å². The average molecular weight is 437 g/mol. The van der Waals surface area contributed by atoms with Crippen LogP contribution in [0.5, 0.6) is 5.75 Å². The van der Waals surface area contributed by atoms with Crippen LogP contribution in [-0.4, -0.2) is 26.1 Å². The SMILES string of the molecule is COc1cc(S(=O)(=O)c2ccccc2F)cc2c3c(n(C)c12)CC1CCC3N1.Cl. The number of aryl methyl sites for hydroxylation is 1. The van der Waals surface area contributed by atoms with Crippen molar-refractivity contribution in [3.05, 3.63) is 53.5 Å². The van der Waals surface area contributed by atoms with E-state index < -0.39 is 15.7 Å². The highest BCUT2D eigenvalue weighted by Gasteiger charge is 2.37. The van der Waals surface area contributed by atoms with Crippen LogP contribution in [-0.2, 0) is 23.3 Å². The van der Waals surface area contributed by atoms with E-state index in [0.29, 0.717) is 11.8 Å². The lowest BCUT2D eigenvalue weighted by atomic mass is 9.99. The molecule has 29 heavy (non-hydrogen) atoms. The number of sulfone groups is 1. The Labute approximate surface area is 175 Å². The summed E-state index contributed by atoms with van der Waals surface area (Å²) in [5.74, 6) is -0.267. The highest BCUT2D eigenvalue weighted by Crippen LogP contribution is 2.45. The molecule has 3 aromatic rings. The Morgan fingerprint density at radius 1 is 1.21 bits per heavy atom. The zero-order valence-electron chi connectivity index (χ0n) is 16.1. The van der Waals surface area contributed by atoms with Crippen LogP contribution in [0.4, 0.5) is 4.39 Å². The molecule has 8 heteroatoms. The lowest BCUT2D eigenvalue weighted by Gasteiger charge is -2.23. The number of ether oxygens (including phenoxy) is 1. The van der Waals surface area contributed by atoms with Gasteiger partial charge in [0.25, 0.3) is 0 Å². The predicted molar refractivity (Wildman–Crippen MR) is 111 cm³/mol. The number of rotatable bonds is 3. The molecular formula is C21H22ClFN2O3S. The molecule has 1 saturated heterocycles. The molecule has 5 nitrogen and oxygen atoms in total. The first kappa shape index (κ1) is 20.2. The molecule has 2 aromatic carbocycles. The van der Waals surface area contributed by atoms with Crippen molar-refractivity contribution in [2.75, 3.05) is 7.11 Å². The largest absolute Gasteiger partial charge is 0.495 e. The second-order valence-corrected chi connectivity index (χ2v) is 9.49. The number of methoxy groups -OCH3 is 1. The zero-order chi connectivity index (χ0) is 19.6. The fourth-order valence-corrected chi connectivity index (χ4v) is 6.15. The molecule has 2 aliphatic heterocycles. The number of fused-ring (bicyclic) bond motifs is 6. The maximum Gasteiger partial charge on any atom is 0.209 e. The second-order valence-electron chi connectivity index (χ2n) is 7.57. The normalized spacial score (nSPS) is 20.4. The quantitative estimate of drug-likeness (QED) is 0.675. The van der Waals surface area contributed by atoms with Crippen molar-refractivity contribution in [3.63, 3.8) is 0 Å². The van der Waals surface area contributed by atoms with E-state index in [1.165, 1.54) is 37.1 Å². The van der Waals surface area contributed by atoms with Gasteiger partial charge in [-0.25, -0.2) is 12.8 Å². The third kappa shape index (κ3) is 2.86. The molecule has 2 atom stereocenters. The molecule has 2 unspecified atom stereocenters. The van der Waals surface area contributed by atoms with Crippen molar-refractivity contribution in [2.24, 2.45) is 7.05 Å². The molecule has 1 N–H and O–H groups in total. The van der Waals surface area contributed by atoms with Crippen molar-refractivity contribution < 1.29 is 17.5 Å². The Kier molecular flexibility index (Phi) is 4.88. The Morgan fingerprint density at radius 3 is 2.69 bits per heavy atom. The van der Waals surface area contributed by atoms with Gasteiger partial charge < -0.3 is 14.6 Å². The number of hydrogen-bond acceptors (Lipinski definition) is 4. The van der Waals surface area contributed by atoms with Gasteiger partial charge in [-0.15, -0.1) is 12.4 Å². The van der Waals surface area contributed by atoms with Crippen LogP contribution in [0.1, 0.15) is 30.1 Å². The van der Waals surface area contributed by atoms with E-state index in [9.17, 15) is 12.8 Å². The van der Waals surface area contributed by atoms with Gasteiger partial charge in [0.2, 0.25) is 9.84 Å². The van der Waals surface area contributed by atoms with E-state index in [1.807, 2.05) is 7.05 Å². The summed E-state index contributed by atoms with van der Waals surface area (Å²) in [6, 6.07) is 9.33. The summed E-state index contributed by atoms with van der Waals surface area (Å²) in [4.78, 5) is -0.268. The number of hydrogen-bond donors (Lipinski definition) is 1. The van der Waals surface area contributed by atoms with Crippen molar-refractivity contribution in [1.82, 2.24) is 9.88 Å². The topological polar surface area (TPSA) is 60.3 Å². The predicted octanol–water partition coefficient (Wildman–Crippen LogP) is 3.93. The van der Waals surface area contributed by atoms with Crippen LogP contribution in [0.3, 0.4) is 0 Å². The third-order valence-electron chi connectivity index (χ3n) is 6.08. The van der Waals surface area contributed by atoms with Crippen molar-refractivity contribution in [3.8, 4) is 5.75 Å². The Bertz CT molecular complexity index is 1220. The van der Waals surface area contributed by atoms with Crippen LogP contribution in [0.25, 0.3) is 10.9 Å². The van der Waals surface area contributed by atoms with E-state index in [0.717, 1.165) is 41.8 Å². The molecule has 0 saturated carbocycles. The van der Waals surface area contributed by atoms with E-state index >= 15 is 0 Å². The molecule has 1 aromatic heterocycles. The minimum absolute atomic E-state index is 0. The van der Waals surface area contributed by atoms with Crippen LogP contribution in [0.2, 0.25) is 0 Å². The first-order valence-electron chi connectivity index (χ1n) is 9.36. The van der Waals surface area contributed by atoms with Gasteiger partial charge in [-0.1, -0.05) is 12.1 Å². The maximum absolute atomic E-state index is 14.2. The molecule has 1 fully saturated rings. The summed E-state index contributed by atoms with van der Waals surface area (Å²) in [7, 11) is -0.478. The van der Waals surface area contributed by atoms with E-state index in [4.69, 9.17) is 4.74 Å². The minimum atomic E-state index is -4.01. The van der Waals surface area contributed by atoms with Crippen LogP contribution in [0, 0.1) is 5.82 Å². The third-order valence-corrected chi connectivity index (χ3v) is 7.84. The lowest BCUT2D eigenvalue weighted by molar-refractivity contribution is 0.416. The number of halogens is 2. The molecular weight excluding hydrogens is 415 g/mol. The van der Waals surface area contributed by atoms with Crippen LogP contribution >= 0.6 is 12.4 Å². The summed E-state index contributed by atoms with van der Waals surface area (Å²) in [5.41, 5.74) is 3.25. The summed E-state index contributed by atoms with van der Waals surface area (Å²) >= 11 is 0. The number of nitrogens with zero attached hydrogens (tertiary/aromatic N) is 1. The van der Waals surface area contributed by atoms with Gasteiger partial charge in [0.15, 0.2) is 0 Å². The molecule has 5 rings (SSSR count). The standard InChI is InChI=1S/C21H21FN2O3S.ClH/c1-24-17-9-12-7-8-16(23-12)20(17)14-10-13(11-18(27-2)21(14)24)28(25,26)19-6-4-3-5-15(19)22;/h3-6,10-12,16,23H,7-9H2,1-2H3;1H. The molecule has 2 aliphatic rings. The molecule has 0 amide bonds. The molecule has 0 spiro atoms. The first-order valence-corrected chi connectivity index (χ1v) is 10.8. The van der Waals surface area contributed by atoms with Gasteiger partial charge in [-0.2, -0.15) is 0 Å². The van der Waals surface area contributed by atoms with Gasteiger partial charge in [0.1, 0.15) is 16.5 Å². The van der Waals surface area contributed by atoms with Crippen molar-refractivity contribution >= 4 is 33.1 Å². The lowest BCUT2D eigenvalue weighted by Crippen LogP contribution is -2.32. The van der Waals surface area contributed by atoms with Crippen molar-refractivity contribution in [1.29, 1.82) is 0 Å². The smallest absolute Gasteiger partial charge is 0.209 e. The number of nitrogens with one attached hydrogen (secondary N) is 1. The molecule has 0 aliphatic carbocycles. The van der Waals surface area contributed by atoms with Crippen molar-refractivity contribution in [2.45, 2.75) is 41.1 Å². The molecule has 3 heterocycles. The van der Waals surface area contributed by atoms with Gasteiger partial charge >= 0.3 is 0 Å². The highest BCUT2D eigenvalue weighted by molar-refractivity contribution is 7.91. The first-order chi connectivity index (χ1) is 13.4. The van der Waals surface area contributed by atoms with E-state index in [-0.39, 0.29) is 28.2 Å². The van der Waals surface area contributed by atoms with Crippen LogP contribution < -0.4 is 10.1 Å². The van der Waals surface area contributed by atoms with Gasteiger partial charge in [-0.05, 0) is 36.6 Å². The second kappa shape index (κ2) is 7.00. The Hall–Kier alpha value is -2.09. The molecule has 154 valence electrons. The minimum Gasteiger partial charge on any atom is -0.495 e. The molecule has 0 radical (unpaired) electrons. The number of benzene rings is 2. The molecule has 2 bridgehead atoms. The van der Waals surface area contributed by atoms with E-state index in [1.54, 1.807) is 6.07 Å². The fraction of sp³-hybridized carbons (Fsp3) is 0.333. The van der Waals surface area contributed by atoms with Crippen LogP contribution in [0.15, 0.2) is 46.2 Å². The summed E-state index contributed by atoms with van der Waals surface area (Å²) < 4.78 is 48.3. The average Bonchev–Trinajstić information content (AvgIpc) is 3.20. The van der Waals surface area contributed by atoms with Gasteiger partial charge in [-0.3, -0.25) is 0 Å². The van der Waals surface area contributed by atoms with Gasteiger partial charge in [0.05, 0.1) is 17.5 Å². The zero-order valence-corrected chi connectivity index (χ0v) is 17.7. The Balaban J connectivity index is 0.00000205. The summed E-state index contributed by atoms with van der Waals surface area (Å²) in [5, 5.41) is 4.49. The maximum atomic E-state index is 14.2. The number of aromatic nitrogens is 1.